The van der Waals surface area contributed by atoms with Crippen LogP contribution in [-0.2, 0) is 15.0 Å². The van der Waals surface area contributed by atoms with Crippen LogP contribution in [0.2, 0.25) is 0 Å². The van der Waals surface area contributed by atoms with Gasteiger partial charge >= 0.3 is 18.2 Å². The third kappa shape index (κ3) is 8.72. The number of amides is 3. The molecule has 2 aromatic carbocycles. The fourth-order valence-corrected chi connectivity index (χ4v) is 5.76. The number of carbonyl (C=O) groups excluding carboxylic acids is 2. The summed E-state index contributed by atoms with van der Waals surface area (Å²) in [5, 5.41) is 24.6. The van der Waals surface area contributed by atoms with Crippen LogP contribution in [0, 0.1) is 11.6 Å². The topological polar surface area (TPSA) is 149 Å². The Bertz CT molecular complexity index is 1360. The van der Waals surface area contributed by atoms with Crippen molar-refractivity contribution < 1.29 is 56.0 Å². The Morgan fingerprint density at radius 2 is 1.71 bits per heavy atom. The summed E-state index contributed by atoms with van der Waals surface area (Å²) in [6.07, 6.45) is -2.42. The minimum absolute atomic E-state index is 0.0641. The lowest BCUT2D eigenvalue weighted by molar-refractivity contribution is -0.192. The van der Waals surface area contributed by atoms with E-state index in [2.05, 4.69) is 16.0 Å². The number of carboxylic acids is 1. The first-order chi connectivity index (χ1) is 21.2. The summed E-state index contributed by atoms with van der Waals surface area (Å²) < 4.78 is 69.5. The molecular weight excluding hydrogens is 611 g/mol. The summed E-state index contributed by atoms with van der Waals surface area (Å²) in [6.45, 7) is 0.922. The van der Waals surface area contributed by atoms with Crippen LogP contribution < -0.4 is 25.4 Å². The molecule has 0 bridgehead atoms. The third-order valence-corrected chi connectivity index (χ3v) is 7.86. The van der Waals surface area contributed by atoms with E-state index in [-0.39, 0.29) is 42.2 Å². The average molecular weight is 647 g/mol. The van der Waals surface area contributed by atoms with Crippen LogP contribution in [0.3, 0.4) is 0 Å². The van der Waals surface area contributed by atoms with E-state index in [4.69, 9.17) is 24.5 Å². The smallest absolute Gasteiger partial charge is 0.490 e. The van der Waals surface area contributed by atoms with Crippen molar-refractivity contribution in [2.45, 2.75) is 49.4 Å². The van der Waals surface area contributed by atoms with Crippen molar-refractivity contribution >= 4 is 23.6 Å². The Morgan fingerprint density at radius 1 is 1.02 bits per heavy atom. The van der Waals surface area contributed by atoms with Crippen molar-refractivity contribution in [2.75, 3.05) is 45.8 Å². The Balaban J connectivity index is 0.000000707. The van der Waals surface area contributed by atoms with Gasteiger partial charge in [-0.05, 0) is 55.5 Å². The lowest BCUT2D eigenvalue weighted by Gasteiger charge is -2.45. The van der Waals surface area contributed by atoms with Crippen LogP contribution in [0.4, 0.5) is 32.4 Å². The van der Waals surface area contributed by atoms with Gasteiger partial charge in [-0.25, -0.2) is 18.4 Å². The fraction of sp³-hybridized carbons (Fsp3) is 0.483. The first kappa shape index (κ1) is 35.3. The number of rotatable bonds is 9. The molecule has 1 saturated heterocycles. The molecule has 1 saturated carbocycles. The van der Waals surface area contributed by atoms with Gasteiger partial charge in [0.15, 0.2) is 23.1 Å². The molecule has 2 aliphatic rings. The second-order valence-electron chi connectivity index (χ2n) is 10.5. The summed E-state index contributed by atoms with van der Waals surface area (Å²) in [5.74, 6) is -3.64. The second-order valence-corrected chi connectivity index (χ2v) is 10.5. The minimum Gasteiger partial charge on any atom is -0.493 e. The molecule has 1 heterocycles. The normalized spacial score (nSPS) is 20.8. The van der Waals surface area contributed by atoms with E-state index in [9.17, 15) is 31.5 Å². The molecule has 0 spiro atoms. The number of aliphatic hydroxyl groups is 1. The van der Waals surface area contributed by atoms with Crippen molar-refractivity contribution in [3.63, 3.8) is 0 Å². The van der Waals surface area contributed by atoms with Crippen molar-refractivity contribution in [3.8, 4) is 11.5 Å². The number of halogens is 5. The number of carboxylic acid groups (broad SMARTS) is 1. The zero-order chi connectivity index (χ0) is 33.4. The maximum atomic E-state index is 13.6. The summed E-state index contributed by atoms with van der Waals surface area (Å²) in [6, 6.07) is 8.06. The number of benzene rings is 2. The molecule has 5 N–H and O–H groups in total. The number of fused-ring (bicyclic) bond motifs is 1. The molecule has 0 radical (unpaired) electrons. The summed E-state index contributed by atoms with van der Waals surface area (Å²) in [5.41, 5.74) is 0.856. The Morgan fingerprint density at radius 3 is 2.31 bits per heavy atom. The predicted octanol–water partition coefficient (Wildman–Crippen LogP) is 3.41. The van der Waals surface area contributed by atoms with Gasteiger partial charge in [0.05, 0.1) is 27.4 Å². The average Bonchev–Trinajstić information content (AvgIpc) is 3.38. The molecule has 2 aromatic rings. The SMILES string of the molecule is COc1ccc([C@@]23CC[C@@H](NC(=O)Nc4ccc(F)c(F)c4)C[C@@H]2N(C(=O)CNCCO)CC3)cc1OC.O=C(O)C(F)(F)F. The molecule has 3 atom stereocenters. The number of aliphatic carboxylic acids is 1. The fourth-order valence-electron chi connectivity index (χ4n) is 5.76. The Kier molecular flexibility index (Phi) is 11.9. The molecule has 45 heavy (non-hydrogen) atoms. The Hall–Kier alpha value is -4.18. The van der Waals surface area contributed by atoms with E-state index in [1.807, 2.05) is 23.1 Å². The highest BCUT2D eigenvalue weighted by Gasteiger charge is 2.53. The van der Waals surface area contributed by atoms with E-state index >= 15 is 0 Å². The van der Waals surface area contributed by atoms with Crippen LogP contribution in [-0.4, -0.2) is 91.7 Å². The van der Waals surface area contributed by atoms with Gasteiger partial charge in [0.2, 0.25) is 5.91 Å². The number of hydrogen-bond acceptors (Lipinski definition) is 7. The highest BCUT2D eigenvalue weighted by atomic mass is 19.4. The number of anilines is 1. The van der Waals surface area contributed by atoms with Gasteiger partial charge in [-0.1, -0.05) is 6.07 Å². The molecule has 0 aromatic heterocycles. The largest absolute Gasteiger partial charge is 0.493 e. The molecule has 1 aliphatic carbocycles. The highest BCUT2D eigenvalue weighted by Crippen LogP contribution is 2.50. The van der Waals surface area contributed by atoms with Gasteiger partial charge in [-0.3, -0.25) is 4.79 Å². The molecule has 4 rings (SSSR count). The van der Waals surface area contributed by atoms with Gasteiger partial charge in [0.25, 0.3) is 0 Å². The van der Waals surface area contributed by atoms with Crippen molar-refractivity contribution in [1.82, 2.24) is 15.5 Å². The number of hydrogen-bond donors (Lipinski definition) is 5. The molecule has 0 unspecified atom stereocenters. The van der Waals surface area contributed by atoms with Crippen LogP contribution in [0.15, 0.2) is 36.4 Å². The molecule has 248 valence electrons. The van der Waals surface area contributed by atoms with Crippen molar-refractivity contribution in [2.24, 2.45) is 0 Å². The maximum absolute atomic E-state index is 13.6. The Labute approximate surface area is 255 Å². The zero-order valence-electron chi connectivity index (χ0n) is 24.5. The van der Waals surface area contributed by atoms with Gasteiger partial charge in [-0.2, -0.15) is 13.2 Å². The number of ether oxygens (including phenoxy) is 2. The van der Waals surface area contributed by atoms with Crippen molar-refractivity contribution in [3.05, 3.63) is 53.6 Å². The second kappa shape index (κ2) is 15.2. The number of likely N-dealkylation sites (tertiary alicyclic amines) is 1. The molecule has 3 amide bonds. The summed E-state index contributed by atoms with van der Waals surface area (Å²) >= 11 is 0. The maximum Gasteiger partial charge on any atom is 0.490 e. The monoisotopic (exact) mass is 646 g/mol. The molecule has 11 nitrogen and oxygen atoms in total. The van der Waals surface area contributed by atoms with Crippen LogP contribution in [0.25, 0.3) is 0 Å². The summed E-state index contributed by atoms with van der Waals surface area (Å²) in [7, 11) is 3.16. The first-order valence-corrected chi connectivity index (χ1v) is 13.9. The first-order valence-electron chi connectivity index (χ1n) is 13.9. The van der Waals surface area contributed by atoms with E-state index in [0.29, 0.717) is 37.4 Å². The number of urea groups is 1. The van der Waals surface area contributed by atoms with Gasteiger partial charge in [0, 0.05) is 42.3 Å². The van der Waals surface area contributed by atoms with E-state index < -0.39 is 29.8 Å². The van der Waals surface area contributed by atoms with Gasteiger partial charge < -0.3 is 40.5 Å². The predicted molar refractivity (Wildman–Crippen MR) is 151 cm³/mol. The number of carbonyl (C=O) groups is 3. The van der Waals surface area contributed by atoms with Gasteiger partial charge in [-0.15, -0.1) is 0 Å². The number of nitrogens with one attached hydrogen (secondary N) is 3. The van der Waals surface area contributed by atoms with E-state index in [0.717, 1.165) is 30.5 Å². The standard InChI is InChI=1S/C27H34F2N4O5.C2HF3O2/c1-37-22-6-3-17(13-23(22)38-2)27-8-7-19(32-26(36)31-18-4-5-20(28)21(29)14-18)15-24(27)33(11-9-27)25(35)16-30-10-12-34;3-2(4,5)1(6)7/h3-6,13-14,19,24,30,34H,7-12,15-16H2,1-2H3,(H2,31,32,36);(H,6,7)/t19-,24+,27+;/m1./s1. The minimum atomic E-state index is -5.08. The number of alkyl halides is 3. The molecule has 16 heteroatoms. The quantitative estimate of drug-likeness (QED) is 0.206. The van der Waals surface area contributed by atoms with E-state index in [1.54, 1.807) is 14.2 Å². The van der Waals surface area contributed by atoms with E-state index in [1.165, 1.54) is 6.07 Å². The van der Waals surface area contributed by atoms with Crippen LogP contribution in [0.5, 0.6) is 11.5 Å². The number of nitrogens with zero attached hydrogens (tertiary/aromatic N) is 1. The van der Waals surface area contributed by atoms with Crippen LogP contribution >= 0.6 is 0 Å². The molecule has 2 fully saturated rings. The van der Waals surface area contributed by atoms with Crippen LogP contribution in [0.1, 0.15) is 31.2 Å². The summed E-state index contributed by atoms with van der Waals surface area (Å²) in [4.78, 5) is 36.6. The lowest BCUT2D eigenvalue weighted by atomic mass is 9.65. The third-order valence-electron chi connectivity index (χ3n) is 7.86. The number of methoxy groups -OCH3 is 2. The zero-order valence-corrected chi connectivity index (χ0v) is 24.5. The lowest BCUT2D eigenvalue weighted by Crippen LogP contribution is -2.55. The van der Waals surface area contributed by atoms with Crippen molar-refractivity contribution in [1.29, 1.82) is 0 Å². The van der Waals surface area contributed by atoms with Gasteiger partial charge in [0.1, 0.15) is 0 Å². The molecular formula is C29H35F5N4O7. The molecule has 1 aliphatic heterocycles. The highest BCUT2D eigenvalue weighted by molar-refractivity contribution is 5.89. The number of aliphatic hydroxyl groups excluding tert-OH is 1.